The second-order valence-corrected chi connectivity index (χ2v) is 8.87. The Labute approximate surface area is 188 Å². The molecule has 1 N–H and O–H groups in total. The molecule has 0 saturated carbocycles. The molecule has 1 unspecified atom stereocenters. The molecule has 0 fully saturated rings. The Bertz CT molecular complexity index is 939. The average Bonchev–Trinajstić information content (AvgIpc) is 3.13. The van der Waals surface area contributed by atoms with Gasteiger partial charge in [0.2, 0.25) is 11.1 Å². The maximum Gasteiger partial charge on any atom is 0.338 e. The van der Waals surface area contributed by atoms with E-state index in [1.54, 1.807) is 16.4 Å². The Morgan fingerprint density at radius 1 is 1.29 bits per heavy atom. The van der Waals surface area contributed by atoms with Crippen LogP contribution in [-0.2, 0) is 9.53 Å². The number of nitrogens with zero attached hydrogens (tertiary/aromatic N) is 3. The molecular formula is C23H32N4O3S. The molecule has 0 saturated heterocycles. The summed E-state index contributed by atoms with van der Waals surface area (Å²) in [5.74, 6) is 2.00. The minimum absolute atomic E-state index is 0.218. The molecule has 0 spiro atoms. The van der Waals surface area contributed by atoms with E-state index in [1.807, 2.05) is 45.0 Å². The zero-order valence-corrected chi connectivity index (χ0v) is 19.8. The van der Waals surface area contributed by atoms with Crippen LogP contribution in [0.5, 0.6) is 5.75 Å². The fourth-order valence-electron chi connectivity index (χ4n) is 3.34. The van der Waals surface area contributed by atoms with Crippen molar-refractivity contribution in [2.24, 2.45) is 0 Å². The number of anilines is 1. The van der Waals surface area contributed by atoms with E-state index in [0.29, 0.717) is 23.3 Å². The number of aromatic nitrogens is 3. The van der Waals surface area contributed by atoms with E-state index < -0.39 is 6.04 Å². The van der Waals surface area contributed by atoms with E-state index >= 15 is 0 Å². The van der Waals surface area contributed by atoms with Crippen molar-refractivity contribution < 1.29 is 14.3 Å². The summed E-state index contributed by atoms with van der Waals surface area (Å²) in [6, 6.07) is 7.38. The third-order valence-electron chi connectivity index (χ3n) is 4.77. The second kappa shape index (κ2) is 10.7. The first kappa shape index (κ1) is 23.2. The summed E-state index contributed by atoms with van der Waals surface area (Å²) in [6.07, 6.45) is 2.93. The maximum absolute atomic E-state index is 13.1. The van der Waals surface area contributed by atoms with Gasteiger partial charge in [-0.3, -0.25) is 0 Å². The van der Waals surface area contributed by atoms with Crippen molar-refractivity contribution in [2.45, 2.75) is 71.2 Å². The molecule has 168 valence electrons. The minimum Gasteiger partial charge on any atom is -0.494 e. The van der Waals surface area contributed by atoms with Gasteiger partial charge in [0.25, 0.3) is 0 Å². The number of thioether (sulfide) groups is 1. The molecule has 1 aromatic carbocycles. The van der Waals surface area contributed by atoms with E-state index in [1.165, 1.54) is 0 Å². The summed E-state index contributed by atoms with van der Waals surface area (Å²) in [5, 5.41) is 8.69. The zero-order chi connectivity index (χ0) is 22.4. The molecule has 0 aliphatic carbocycles. The lowest BCUT2D eigenvalue weighted by Gasteiger charge is -2.28. The topological polar surface area (TPSA) is 78.3 Å². The fraction of sp³-hybridized carbons (Fsp3) is 0.522. The van der Waals surface area contributed by atoms with Gasteiger partial charge < -0.3 is 14.8 Å². The molecule has 2 aromatic rings. The van der Waals surface area contributed by atoms with Crippen molar-refractivity contribution in [1.82, 2.24) is 14.8 Å². The van der Waals surface area contributed by atoms with E-state index in [4.69, 9.17) is 14.6 Å². The van der Waals surface area contributed by atoms with Crippen molar-refractivity contribution in [1.29, 1.82) is 0 Å². The van der Waals surface area contributed by atoms with Gasteiger partial charge in [0.1, 0.15) is 11.8 Å². The number of esters is 1. The van der Waals surface area contributed by atoms with Gasteiger partial charge in [-0.25, -0.2) is 9.48 Å². The fourth-order valence-corrected chi connectivity index (χ4v) is 4.26. The van der Waals surface area contributed by atoms with Gasteiger partial charge in [0.15, 0.2) is 0 Å². The lowest BCUT2D eigenvalue weighted by Crippen LogP contribution is -2.30. The number of benzene rings is 1. The highest BCUT2D eigenvalue weighted by Crippen LogP contribution is 2.37. The van der Waals surface area contributed by atoms with Crippen LogP contribution in [0.4, 0.5) is 5.95 Å². The predicted octanol–water partition coefficient (Wildman–Crippen LogP) is 5.20. The Morgan fingerprint density at radius 3 is 2.81 bits per heavy atom. The molecule has 1 aliphatic heterocycles. The Hall–Kier alpha value is -2.48. The molecule has 3 rings (SSSR count). The van der Waals surface area contributed by atoms with E-state index in [0.717, 1.165) is 42.0 Å². The molecule has 1 atom stereocenters. The van der Waals surface area contributed by atoms with Crippen LogP contribution in [0.2, 0.25) is 0 Å². The summed E-state index contributed by atoms with van der Waals surface area (Å²) in [7, 11) is 0. The molecule has 1 aliphatic rings. The van der Waals surface area contributed by atoms with Crippen LogP contribution in [-0.4, -0.2) is 39.2 Å². The first-order valence-corrected chi connectivity index (χ1v) is 11.9. The molecule has 8 heteroatoms. The van der Waals surface area contributed by atoms with Crippen LogP contribution >= 0.6 is 11.8 Å². The third kappa shape index (κ3) is 5.61. The normalized spacial score (nSPS) is 15.6. The first-order chi connectivity index (χ1) is 14.9. The van der Waals surface area contributed by atoms with Crippen LogP contribution in [0.1, 0.15) is 65.5 Å². The summed E-state index contributed by atoms with van der Waals surface area (Å²) >= 11 is 1.63. The smallest absolute Gasteiger partial charge is 0.338 e. The van der Waals surface area contributed by atoms with Crippen molar-refractivity contribution in [3.8, 4) is 5.75 Å². The number of unbranched alkanes of at least 4 members (excludes halogenated alkanes) is 1. The van der Waals surface area contributed by atoms with Crippen LogP contribution in [0.25, 0.3) is 0 Å². The number of carbonyl (C=O) groups excluding carboxylic acids is 1. The Balaban J connectivity index is 2.03. The van der Waals surface area contributed by atoms with Gasteiger partial charge in [-0.2, -0.15) is 4.98 Å². The molecule has 0 bridgehead atoms. The van der Waals surface area contributed by atoms with Crippen LogP contribution in [0.3, 0.4) is 0 Å². The third-order valence-corrected chi connectivity index (χ3v) is 5.70. The van der Waals surface area contributed by atoms with Gasteiger partial charge in [-0.15, -0.1) is 5.10 Å². The number of fused-ring (bicyclic) bond motifs is 1. The van der Waals surface area contributed by atoms with Crippen LogP contribution in [0, 0.1) is 0 Å². The van der Waals surface area contributed by atoms with Gasteiger partial charge in [0, 0.05) is 11.4 Å². The van der Waals surface area contributed by atoms with Gasteiger partial charge in [-0.05, 0) is 51.3 Å². The number of allylic oxidation sites excluding steroid dienone is 1. The van der Waals surface area contributed by atoms with Gasteiger partial charge in [0.05, 0.1) is 18.3 Å². The summed E-state index contributed by atoms with van der Waals surface area (Å²) in [5.41, 5.74) is 2.16. The molecule has 7 nitrogen and oxygen atoms in total. The largest absolute Gasteiger partial charge is 0.494 e. The minimum atomic E-state index is -0.444. The lowest BCUT2D eigenvalue weighted by atomic mass is 9.95. The van der Waals surface area contributed by atoms with Gasteiger partial charge >= 0.3 is 5.97 Å². The van der Waals surface area contributed by atoms with Crippen LogP contribution in [0.15, 0.2) is 40.7 Å². The summed E-state index contributed by atoms with van der Waals surface area (Å²) in [4.78, 5) is 17.7. The number of rotatable bonds is 10. The molecule has 2 heterocycles. The van der Waals surface area contributed by atoms with Crippen molar-refractivity contribution in [3.63, 3.8) is 0 Å². The lowest BCUT2D eigenvalue weighted by molar-refractivity contribution is -0.143. The maximum atomic E-state index is 13.1. The molecular weight excluding hydrogens is 412 g/mol. The quantitative estimate of drug-likeness (QED) is 0.306. The predicted molar refractivity (Wildman–Crippen MR) is 124 cm³/mol. The standard InChI is InChI=1S/C23H32N4O3S/c1-6-8-13-31-23-25-22-24-16(5)19(21(28)30-15(3)4)20(27(22)26-23)17-10-9-11-18(14-17)29-12-7-2/h9-11,14-15,20H,6-8,12-13H2,1-5H3,(H,24,25,26). The van der Waals surface area contributed by atoms with Gasteiger partial charge in [-0.1, -0.05) is 44.2 Å². The SMILES string of the molecule is CCCCSc1nc2n(n1)C(c1cccc(OCCC)c1)C(C(=O)OC(C)C)=C(C)N2. The number of carbonyl (C=O) groups is 1. The van der Waals surface area contributed by atoms with Crippen molar-refractivity contribution in [2.75, 3.05) is 17.7 Å². The monoisotopic (exact) mass is 444 g/mol. The zero-order valence-electron chi connectivity index (χ0n) is 19.0. The molecule has 31 heavy (non-hydrogen) atoms. The Morgan fingerprint density at radius 2 is 2.10 bits per heavy atom. The summed E-state index contributed by atoms with van der Waals surface area (Å²) in [6.45, 7) is 10.5. The molecule has 0 amide bonds. The average molecular weight is 445 g/mol. The van der Waals surface area contributed by atoms with Crippen LogP contribution < -0.4 is 10.1 Å². The number of hydrogen-bond donors (Lipinski definition) is 1. The number of hydrogen-bond acceptors (Lipinski definition) is 7. The van der Waals surface area contributed by atoms with Crippen molar-refractivity contribution >= 4 is 23.7 Å². The first-order valence-electron chi connectivity index (χ1n) is 10.9. The number of nitrogens with one attached hydrogen (secondary N) is 1. The summed E-state index contributed by atoms with van der Waals surface area (Å²) < 4.78 is 13.2. The molecule has 0 radical (unpaired) electrons. The highest BCUT2D eigenvalue weighted by Gasteiger charge is 2.35. The highest BCUT2D eigenvalue weighted by molar-refractivity contribution is 7.99. The number of ether oxygens (including phenoxy) is 2. The highest BCUT2D eigenvalue weighted by atomic mass is 32.2. The Kier molecular flexibility index (Phi) is 8.01. The van der Waals surface area contributed by atoms with E-state index in [-0.39, 0.29) is 12.1 Å². The van der Waals surface area contributed by atoms with E-state index in [9.17, 15) is 4.79 Å². The van der Waals surface area contributed by atoms with Crippen molar-refractivity contribution in [3.05, 3.63) is 41.1 Å². The second-order valence-electron chi connectivity index (χ2n) is 7.81. The van der Waals surface area contributed by atoms with E-state index in [2.05, 4.69) is 24.1 Å². The molecule has 1 aromatic heterocycles.